The second-order valence-electron chi connectivity index (χ2n) is 5.57. The van der Waals surface area contributed by atoms with Crippen molar-refractivity contribution in [2.45, 2.75) is 31.7 Å². The highest BCUT2D eigenvalue weighted by Crippen LogP contribution is 2.21. The normalized spacial score (nSPS) is 21.8. The smallest absolute Gasteiger partial charge is 0.227 e. The number of nitrogens with zero attached hydrogens (tertiary/aromatic N) is 2. The number of piperidine rings is 1. The third-order valence-electron chi connectivity index (χ3n) is 4.14. The molecule has 1 amide bonds. The SMILES string of the molecule is O=C(Nc1cnn(C2CCNCC2)c1)C1CCOCC1. The van der Waals surface area contributed by atoms with Gasteiger partial charge in [-0.2, -0.15) is 5.10 Å². The summed E-state index contributed by atoms with van der Waals surface area (Å²) in [5, 5.41) is 10.7. The molecule has 2 aliphatic rings. The Morgan fingerprint density at radius 1 is 1.30 bits per heavy atom. The monoisotopic (exact) mass is 278 g/mol. The van der Waals surface area contributed by atoms with Crippen LogP contribution in [0.25, 0.3) is 0 Å². The summed E-state index contributed by atoms with van der Waals surface area (Å²) in [5.41, 5.74) is 0.806. The minimum absolute atomic E-state index is 0.0750. The predicted molar refractivity (Wildman–Crippen MR) is 75.5 cm³/mol. The van der Waals surface area contributed by atoms with E-state index in [0.29, 0.717) is 19.3 Å². The minimum atomic E-state index is 0.0750. The molecule has 0 saturated carbocycles. The van der Waals surface area contributed by atoms with Crippen LogP contribution in [0.1, 0.15) is 31.7 Å². The molecule has 3 heterocycles. The maximum Gasteiger partial charge on any atom is 0.227 e. The molecule has 0 atom stereocenters. The van der Waals surface area contributed by atoms with Crippen LogP contribution in [0, 0.1) is 5.92 Å². The van der Waals surface area contributed by atoms with Crippen LogP contribution in [0.2, 0.25) is 0 Å². The third kappa shape index (κ3) is 3.19. The lowest BCUT2D eigenvalue weighted by Gasteiger charge is -2.23. The quantitative estimate of drug-likeness (QED) is 0.871. The van der Waals surface area contributed by atoms with E-state index in [1.165, 1.54) is 0 Å². The summed E-state index contributed by atoms with van der Waals surface area (Å²) in [5.74, 6) is 0.171. The van der Waals surface area contributed by atoms with E-state index in [0.717, 1.165) is 44.5 Å². The molecule has 6 nitrogen and oxygen atoms in total. The van der Waals surface area contributed by atoms with Crippen molar-refractivity contribution < 1.29 is 9.53 Å². The number of amides is 1. The molecule has 1 aromatic rings. The van der Waals surface area contributed by atoms with Crippen LogP contribution in [-0.2, 0) is 9.53 Å². The molecule has 6 heteroatoms. The van der Waals surface area contributed by atoms with Crippen molar-refractivity contribution in [3.63, 3.8) is 0 Å². The molecule has 2 aliphatic heterocycles. The Morgan fingerprint density at radius 2 is 2.05 bits per heavy atom. The average Bonchev–Trinajstić information content (AvgIpc) is 2.97. The highest BCUT2D eigenvalue weighted by atomic mass is 16.5. The largest absolute Gasteiger partial charge is 0.381 e. The first-order chi connectivity index (χ1) is 9.83. The van der Waals surface area contributed by atoms with Crippen molar-refractivity contribution >= 4 is 11.6 Å². The second-order valence-corrected chi connectivity index (χ2v) is 5.57. The van der Waals surface area contributed by atoms with Crippen LogP contribution in [0.4, 0.5) is 5.69 Å². The molecule has 2 N–H and O–H groups in total. The summed E-state index contributed by atoms with van der Waals surface area (Å²) in [6.07, 6.45) is 7.51. The molecule has 0 spiro atoms. The fourth-order valence-corrected chi connectivity index (χ4v) is 2.88. The van der Waals surface area contributed by atoms with Gasteiger partial charge in [-0.15, -0.1) is 0 Å². The lowest BCUT2D eigenvalue weighted by molar-refractivity contribution is -0.122. The van der Waals surface area contributed by atoms with E-state index >= 15 is 0 Å². The van der Waals surface area contributed by atoms with Crippen LogP contribution in [0.15, 0.2) is 12.4 Å². The van der Waals surface area contributed by atoms with Gasteiger partial charge in [-0.25, -0.2) is 0 Å². The molecule has 2 saturated heterocycles. The van der Waals surface area contributed by atoms with Crippen LogP contribution in [-0.4, -0.2) is 42.0 Å². The number of nitrogens with one attached hydrogen (secondary N) is 2. The highest BCUT2D eigenvalue weighted by Gasteiger charge is 2.22. The molecular formula is C14H22N4O2. The van der Waals surface area contributed by atoms with Crippen molar-refractivity contribution in [1.82, 2.24) is 15.1 Å². The standard InChI is InChI=1S/C14H22N4O2/c19-14(11-3-7-20-8-4-11)17-12-9-16-18(10-12)13-1-5-15-6-2-13/h9-11,13,15H,1-8H2,(H,17,19). The molecule has 3 rings (SSSR count). The van der Waals surface area contributed by atoms with Crippen molar-refractivity contribution in [2.75, 3.05) is 31.6 Å². The van der Waals surface area contributed by atoms with Gasteiger partial charge in [0.2, 0.25) is 5.91 Å². The molecule has 20 heavy (non-hydrogen) atoms. The first kappa shape index (κ1) is 13.6. The summed E-state index contributed by atoms with van der Waals surface area (Å²) in [6, 6.07) is 0.449. The maximum atomic E-state index is 12.1. The fraction of sp³-hybridized carbons (Fsp3) is 0.714. The van der Waals surface area contributed by atoms with Gasteiger partial charge in [0.25, 0.3) is 0 Å². The molecule has 0 aliphatic carbocycles. The van der Waals surface area contributed by atoms with Crippen LogP contribution in [0.5, 0.6) is 0 Å². The zero-order valence-electron chi connectivity index (χ0n) is 11.7. The van der Waals surface area contributed by atoms with Gasteiger partial charge in [-0.3, -0.25) is 9.48 Å². The van der Waals surface area contributed by atoms with Crippen molar-refractivity contribution in [3.8, 4) is 0 Å². The van der Waals surface area contributed by atoms with Crippen LogP contribution < -0.4 is 10.6 Å². The molecule has 0 unspecified atom stereocenters. The molecule has 0 bridgehead atoms. The Balaban J connectivity index is 1.57. The molecule has 0 aromatic carbocycles. The number of carbonyl (C=O) groups is 1. The first-order valence-electron chi connectivity index (χ1n) is 7.46. The highest BCUT2D eigenvalue weighted by molar-refractivity contribution is 5.92. The zero-order chi connectivity index (χ0) is 13.8. The van der Waals surface area contributed by atoms with Gasteiger partial charge in [0, 0.05) is 25.3 Å². The lowest BCUT2D eigenvalue weighted by atomic mass is 9.99. The van der Waals surface area contributed by atoms with E-state index in [4.69, 9.17) is 4.74 Å². The Morgan fingerprint density at radius 3 is 2.80 bits per heavy atom. The van der Waals surface area contributed by atoms with E-state index in [9.17, 15) is 4.79 Å². The number of anilines is 1. The van der Waals surface area contributed by atoms with Crippen molar-refractivity contribution in [3.05, 3.63) is 12.4 Å². The van der Waals surface area contributed by atoms with E-state index in [1.807, 2.05) is 10.9 Å². The number of hydrogen-bond acceptors (Lipinski definition) is 4. The van der Waals surface area contributed by atoms with Gasteiger partial charge in [0.05, 0.1) is 17.9 Å². The number of aromatic nitrogens is 2. The number of rotatable bonds is 3. The Labute approximate surface area is 118 Å². The number of carbonyl (C=O) groups excluding carboxylic acids is 1. The van der Waals surface area contributed by atoms with E-state index < -0.39 is 0 Å². The second kappa shape index (κ2) is 6.37. The molecular weight excluding hydrogens is 256 g/mol. The van der Waals surface area contributed by atoms with Crippen LogP contribution in [0.3, 0.4) is 0 Å². The Bertz CT molecular complexity index is 448. The molecule has 2 fully saturated rings. The minimum Gasteiger partial charge on any atom is -0.381 e. The zero-order valence-corrected chi connectivity index (χ0v) is 11.7. The van der Waals surface area contributed by atoms with E-state index in [2.05, 4.69) is 15.7 Å². The Kier molecular flexibility index (Phi) is 4.32. The Hall–Kier alpha value is -1.40. The summed E-state index contributed by atoms with van der Waals surface area (Å²) in [4.78, 5) is 12.1. The fourth-order valence-electron chi connectivity index (χ4n) is 2.88. The molecule has 0 radical (unpaired) electrons. The summed E-state index contributed by atoms with van der Waals surface area (Å²) in [7, 11) is 0. The topological polar surface area (TPSA) is 68.2 Å². The average molecular weight is 278 g/mol. The molecule has 1 aromatic heterocycles. The maximum absolute atomic E-state index is 12.1. The van der Waals surface area contributed by atoms with Gasteiger partial charge < -0.3 is 15.4 Å². The van der Waals surface area contributed by atoms with Crippen molar-refractivity contribution in [2.24, 2.45) is 5.92 Å². The van der Waals surface area contributed by atoms with Gasteiger partial charge in [-0.1, -0.05) is 0 Å². The molecule has 110 valence electrons. The summed E-state index contributed by atoms with van der Waals surface area (Å²) < 4.78 is 7.27. The number of ether oxygens (including phenoxy) is 1. The lowest BCUT2D eigenvalue weighted by Crippen LogP contribution is -2.29. The van der Waals surface area contributed by atoms with E-state index in [-0.39, 0.29) is 11.8 Å². The number of hydrogen-bond donors (Lipinski definition) is 2. The van der Waals surface area contributed by atoms with Gasteiger partial charge >= 0.3 is 0 Å². The van der Waals surface area contributed by atoms with Gasteiger partial charge in [0.15, 0.2) is 0 Å². The van der Waals surface area contributed by atoms with Crippen molar-refractivity contribution in [1.29, 1.82) is 0 Å². The summed E-state index contributed by atoms with van der Waals surface area (Å²) in [6.45, 7) is 3.45. The third-order valence-corrected chi connectivity index (χ3v) is 4.14. The summed E-state index contributed by atoms with van der Waals surface area (Å²) >= 11 is 0. The van der Waals surface area contributed by atoms with Gasteiger partial charge in [0.1, 0.15) is 0 Å². The first-order valence-corrected chi connectivity index (χ1v) is 7.46. The van der Waals surface area contributed by atoms with Crippen LogP contribution >= 0.6 is 0 Å². The van der Waals surface area contributed by atoms with E-state index in [1.54, 1.807) is 6.20 Å². The predicted octanol–water partition coefficient (Wildman–Crippen LogP) is 1.17. The van der Waals surface area contributed by atoms with Gasteiger partial charge in [-0.05, 0) is 38.8 Å².